The first-order valence-electron chi connectivity index (χ1n) is 7.95. The maximum atomic E-state index is 4.65. The van der Waals surface area contributed by atoms with E-state index in [1.165, 1.54) is 0 Å². The van der Waals surface area contributed by atoms with Crippen LogP contribution in [-0.4, -0.2) is 24.6 Å². The standard InChI is InChI=1S/C17H22N6/c1-11(2)14-9-15(22-17(21-14)12(3)4)19-10-13-5-7-18-16-6-8-20-23(13)16/h5-9,11-12H,10H2,1-4H3,(H,19,21,22). The zero-order chi connectivity index (χ0) is 16.4. The lowest BCUT2D eigenvalue weighted by molar-refractivity contribution is 0.729. The van der Waals surface area contributed by atoms with Crippen molar-refractivity contribution in [1.82, 2.24) is 24.6 Å². The Bertz CT molecular complexity index is 779. The Hall–Kier alpha value is -2.50. The summed E-state index contributed by atoms with van der Waals surface area (Å²) < 4.78 is 1.83. The van der Waals surface area contributed by atoms with Gasteiger partial charge in [0.1, 0.15) is 11.6 Å². The Labute approximate surface area is 136 Å². The van der Waals surface area contributed by atoms with E-state index in [1.807, 2.05) is 22.7 Å². The zero-order valence-electron chi connectivity index (χ0n) is 14.0. The van der Waals surface area contributed by atoms with Crippen molar-refractivity contribution in [1.29, 1.82) is 0 Å². The monoisotopic (exact) mass is 310 g/mol. The van der Waals surface area contributed by atoms with Crippen molar-refractivity contribution in [2.45, 2.75) is 46.1 Å². The largest absolute Gasteiger partial charge is 0.364 e. The van der Waals surface area contributed by atoms with Crippen molar-refractivity contribution in [3.8, 4) is 0 Å². The number of nitrogens with zero attached hydrogens (tertiary/aromatic N) is 5. The Kier molecular flexibility index (Phi) is 4.23. The van der Waals surface area contributed by atoms with Crippen molar-refractivity contribution in [3.05, 3.63) is 47.8 Å². The van der Waals surface area contributed by atoms with Crippen LogP contribution in [0.5, 0.6) is 0 Å². The summed E-state index contributed by atoms with van der Waals surface area (Å²) >= 11 is 0. The van der Waals surface area contributed by atoms with Crippen molar-refractivity contribution in [2.75, 3.05) is 5.32 Å². The third-order valence-electron chi connectivity index (χ3n) is 3.69. The summed E-state index contributed by atoms with van der Waals surface area (Å²) in [5, 5.41) is 7.70. The summed E-state index contributed by atoms with van der Waals surface area (Å²) in [5.74, 6) is 2.39. The van der Waals surface area contributed by atoms with Gasteiger partial charge in [0.2, 0.25) is 0 Å². The fraction of sp³-hybridized carbons (Fsp3) is 0.412. The molecule has 0 atom stereocenters. The minimum atomic E-state index is 0.299. The molecule has 0 spiro atoms. The molecule has 0 aliphatic rings. The van der Waals surface area contributed by atoms with Crippen LogP contribution in [0.3, 0.4) is 0 Å². The van der Waals surface area contributed by atoms with Crippen LogP contribution in [0.2, 0.25) is 0 Å². The van der Waals surface area contributed by atoms with Crippen molar-refractivity contribution in [3.63, 3.8) is 0 Å². The first-order valence-corrected chi connectivity index (χ1v) is 7.95. The molecular weight excluding hydrogens is 288 g/mol. The molecule has 3 heterocycles. The minimum Gasteiger partial charge on any atom is -0.364 e. The van der Waals surface area contributed by atoms with Crippen LogP contribution in [0, 0.1) is 0 Å². The minimum absolute atomic E-state index is 0.299. The van der Waals surface area contributed by atoms with E-state index in [1.54, 1.807) is 12.4 Å². The molecule has 0 unspecified atom stereocenters. The van der Waals surface area contributed by atoms with Gasteiger partial charge in [-0.05, 0) is 12.0 Å². The third kappa shape index (κ3) is 3.31. The van der Waals surface area contributed by atoms with E-state index in [9.17, 15) is 0 Å². The molecule has 3 aromatic heterocycles. The van der Waals surface area contributed by atoms with E-state index in [4.69, 9.17) is 0 Å². The second-order valence-electron chi connectivity index (χ2n) is 6.24. The highest BCUT2D eigenvalue weighted by atomic mass is 15.3. The van der Waals surface area contributed by atoms with Gasteiger partial charge in [-0.25, -0.2) is 19.5 Å². The normalized spacial score (nSPS) is 11.6. The number of rotatable bonds is 5. The van der Waals surface area contributed by atoms with E-state index in [-0.39, 0.29) is 0 Å². The number of anilines is 1. The molecule has 0 aliphatic heterocycles. The van der Waals surface area contributed by atoms with Gasteiger partial charge < -0.3 is 5.32 Å². The van der Waals surface area contributed by atoms with E-state index >= 15 is 0 Å². The predicted octanol–water partition coefficient (Wildman–Crippen LogP) is 3.38. The highest BCUT2D eigenvalue weighted by Gasteiger charge is 2.11. The number of hydrogen-bond donors (Lipinski definition) is 1. The lowest BCUT2D eigenvalue weighted by Crippen LogP contribution is -2.10. The first kappa shape index (κ1) is 15.4. The van der Waals surface area contributed by atoms with Gasteiger partial charge in [0, 0.05) is 29.9 Å². The smallest absolute Gasteiger partial charge is 0.155 e. The van der Waals surface area contributed by atoms with Gasteiger partial charge in [0.05, 0.1) is 18.4 Å². The Morgan fingerprint density at radius 2 is 1.87 bits per heavy atom. The van der Waals surface area contributed by atoms with Crippen molar-refractivity contribution < 1.29 is 0 Å². The molecule has 0 saturated carbocycles. The molecule has 1 N–H and O–H groups in total. The van der Waals surface area contributed by atoms with Crippen LogP contribution in [0.4, 0.5) is 5.82 Å². The molecule has 0 aliphatic carbocycles. The number of aromatic nitrogens is 5. The summed E-state index contributed by atoms with van der Waals surface area (Å²) in [6.07, 6.45) is 3.55. The molecular formula is C17H22N6. The molecule has 23 heavy (non-hydrogen) atoms. The van der Waals surface area contributed by atoms with Crippen LogP contribution in [0.25, 0.3) is 5.65 Å². The zero-order valence-corrected chi connectivity index (χ0v) is 14.0. The molecule has 0 saturated heterocycles. The van der Waals surface area contributed by atoms with E-state index in [0.717, 1.165) is 28.7 Å². The lowest BCUT2D eigenvalue weighted by Gasteiger charge is -2.13. The van der Waals surface area contributed by atoms with Crippen molar-refractivity contribution >= 4 is 11.5 Å². The fourth-order valence-electron chi connectivity index (χ4n) is 2.33. The van der Waals surface area contributed by atoms with Gasteiger partial charge in [0.25, 0.3) is 0 Å². The molecule has 0 aromatic carbocycles. The van der Waals surface area contributed by atoms with Crippen LogP contribution in [0.1, 0.15) is 56.7 Å². The maximum Gasteiger partial charge on any atom is 0.155 e. The van der Waals surface area contributed by atoms with Gasteiger partial charge in [-0.15, -0.1) is 0 Å². The quantitative estimate of drug-likeness (QED) is 0.782. The average Bonchev–Trinajstić information content (AvgIpc) is 3.01. The van der Waals surface area contributed by atoms with Gasteiger partial charge in [-0.2, -0.15) is 5.10 Å². The molecule has 6 heteroatoms. The predicted molar refractivity (Wildman–Crippen MR) is 90.5 cm³/mol. The van der Waals surface area contributed by atoms with Gasteiger partial charge in [0.15, 0.2) is 5.65 Å². The van der Waals surface area contributed by atoms with Crippen LogP contribution in [-0.2, 0) is 6.54 Å². The average molecular weight is 310 g/mol. The first-order chi connectivity index (χ1) is 11.0. The summed E-state index contributed by atoms with van der Waals surface area (Å²) in [7, 11) is 0. The summed E-state index contributed by atoms with van der Waals surface area (Å²) in [5.41, 5.74) is 2.94. The maximum absolute atomic E-state index is 4.65. The molecule has 0 amide bonds. The van der Waals surface area contributed by atoms with Gasteiger partial charge in [-0.3, -0.25) is 0 Å². The van der Waals surface area contributed by atoms with E-state index in [2.05, 4.69) is 53.1 Å². The van der Waals surface area contributed by atoms with E-state index < -0.39 is 0 Å². The number of nitrogens with one attached hydrogen (secondary N) is 1. The summed E-state index contributed by atoms with van der Waals surface area (Å²) in [6.45, 7) is 9.14. The topological polar surface area (TPSA) is 68.0 Å². The van der Waals surface area contributed by atoms with E-state index in [0.29, 0.717) is 18.4 Å². The molecule has 0 radical (unpaired) electrons. The fourth-order valence-corrected chi connectivity index (χ4v) is 2.33. The molecule has 3 aromatic rings. The number of hydrogen-bond acceptors (Lipinski definition) is 5. The molecule has 0 bridgehead atoms. The molecule has 3 rings (SSSR count). The lowest BCUT2D eigenvalue weighted by atomic mass is 10.1. The van der Waals surface area contributed by atoms with Gasteiger partial charge in [-0.1, -0.05) is 27.7 Å². The van der Waals surface area contributed by atoms with Crippen molar-refractivity contribution in [2.24, 2.45) is 0 Å². The Balaban J connectivity index is 1.86. The molecule has 120 valence electrons. The summed E-state index contributed by atoms with van der Waals surface area (Å²) in [4.78, 5) is 13.6. The second kappa shape index (κ2) is 6.32. The highest BCUT2D eigenvalue weighted by Crippen LogP contribution is 2.19. The Morgan fingerprint density at radius 1 is 1.04 bits per heavy atom. The SMILES string of the molecule is CC(C)c1cc(NCc2ccnc3ccnn23)nc(C(C)C)n1. The highest BCUT2D eigenvalue weighted by molar-refractivity contribution is 5.40. The second-order valence-corrected chi connectivity index (χ2v) is 6.24. The Morgan fingerprint density at radius 3 is 2.61 bits per heavy atom. The summed E-state index contributed by atoms with van der Waals surface area (Å²) in [6, 6.07) is 5.88. The van der Waals surface area contributed by atoms with Gasteiger partial charge >= 0.3 is 0 Å². The van der Waals surface area contributed by atoms with Crippen LogP contribution >= 0.6 is 0 Å². The molecule has 6 nitrogen and oxygen atoms in total. The van der Waals surface area contributed by atoms with Crippen LogP contribution < -0.4 is 5.32 Å². The molecule has 0 fully saturated rings. The van der Waals surface area contributed by atoms with Crippen LogP contribution in [0.15, 0.2) is 30.6 Å². The number of fused-ring (bicyclic) bond motifs is 1. The third-order valence-corrected chi connectivity index (χ3v) is 3.69.